The van der Waals surface area contributed by atoms with Crippen LogP contribution in [-0.2, 0) is 4.79 Å². The molecule has 0 bridgehead atoms. The molecular formula is C22H39N5O. The highest BCUT2D eigenvalue weighted by Crippen LogP contribution is 2.44. The Kier molecular flexibility index (Phi) is 6.76. The van der Waals surface area contributed by atoms with Gasteiger partial charge < -0.3 is 15.1 Å². The van der Waals surface area contributed by atoms with Crippen LogP contribution in [-0.4, -0.2) is 85.0 Å². The fourth-order valence-electron chi connectivity index (χ4n) is 5.39. The second kappa shape index (κ2) is 9.47. The largest absolute Gasteiger partial charge is 0.353 e. The lowest BCUT2D eigenvalue weighted by atomic mass is 9.85. The summed E-state index contributed by atoms with van der Waals surface area (Å²) < 4.78 is 0. The minimum Gasteiger partial charge on any atom is -0.353 e. The number of nitrogens with zero attached hydrogens (tertiary/aromatic N) is 4. The number of amides is 1. The van der Waals surface area contributed by atoms with Crippen molar-refractivity contribution in [1.82, 2.24) is 20.0 Å². The van der Waals surface area contributed by atoms with E-state index in [-0.39, 0.29) is 0 Å². The molecule has 28 heavy (non-hydrogen) atoms. The zero-order valence-corrected chi connectivity index (χ0v) is 17.7. The first-order valence-electron chi connectivity index (χ1n) is 11.8. The van der Waals surface area contributed by atoms with E-state index in [0.717, 1.165) is 63.6 Å². The molecule has 2 atom stereocenters. The Morgan fingerprint density at radius 1 is 0.929 bits per heavy atom. The van der Waals surface area contributed by atoms with Gasteiger partial charge in [-0.1, -0.05) is 32.1 Å². The van der Waals surface area contributed by atoms with Crippen LogP contribution in [0.4, 0.5) is 0 Å². The van der Waals surface area contributed by atoms with Crippen molar-refractivity contribution in [1.29, 1.82) is 0 Å². The first kappa shape index (κ1) is 20.0. The van der Waals surface area contributed by atoms with Crippen LogP contribution in [0, 0.1) is 11.8 Å². The average Bonchev–Trinajstić information content (AvgIpc) is 3.27. The molecule has 2 saturated carbocycles. The minimum absolute atomic E-state index is 0.319. The Balaban J connectivity index is 1.22. The van der Waals surface area contributed by atoms with E-state index >= 15 is 0 Å². The number of aliphatic imine (C=N–C) groups is 1. The van der Waals surface area contributed by atoms with Crippen LogP contribution in [0.1, 0.15) is 58.3 Å². The maximum Gasteiger partial charge on any atom is 0.236 e. The second-order valence-electron chi connectivity index (χ2n) is 9.20. The fraction of sp³-hybridized carbons (Fsp3) is 0.909. The molecule has 6 nitrogen and oxygen atoms in total. The number of carbonyl (C=O) groups is 1. The second-order valence-corrected chi connectivity index (χ2v) is 9.20. The Bertz CT molecular complexity index is 545. The first-order valence-corrected chi connectivity index (χ1v) is 11.8. The van der Waals surface area contributed by atoms with Crippen molar-refractivity contribution < 1.29 is 4.79 Å². The van der Waals surface area contributed by atoms with Crippen LogP contribution in [0.5, 0.6) is 0 Å². The molecule has 0 spiro atoms. The highest BCUT2D eigenvalue weighted by Gasteiger charge is 2.44. The van der Waals surface area contributed by atoms with Crippen LogP contribution >= 0.6 is 0 Å². The van der Waals surface area contributed by atoms with Gasteiger partial charge in [-0.2, -0.15) is 0 Å². The highest BCUT2D eigenvalue weighted by molar-refractivity contribution is 5.81. The molecule has 0 aromatic heterocycles. The summed E-state index contributed by atoms with van der Waals surface area (Å²) in [7, 11) is 0. The summed E-state index contributed by atoms with van der Waals surface area (Å²) >= 11 is 0. The maximum atomic E-state index is 12.4. The Labute approximate surface area is 170 Å². The SMILES string of the molecule is CCN=C(NC1CC1C1CCCCC1)N1CCN(CC(=O)N2CCCC2)CC1. The number of hydrogen-bond acceptors (Lipinski definition) is 3. The van der Waals surface area contributed by atoms with Crippen molar-refractivity contribution in [3.05, 3.63) is 0 Å². The van der Waals surface area contributed by atoms with Crippen molar-refractivity contribution in [3.63, 3.8) is 0 Å². The van der Waals surface area contributed by atoms with E-state index in [0.29, 0.717) is 18.5 Å². The molecule has 2 heterocycles. The molecule has 0 aromatic carbocycles. The summed E-state index contributed by atoms with van der Waals surface area (Å²) in [5.41, 5.74) is 0. The molecule has 4 aliphatic rings. The van der Waals surface area contributed by atoms with Crippen molar-refractivity contribution in [2.75, 3.05) is 52.4 Å². The molecule has 0 aromatic rings. The molecule has 2 saturated heterocycles. The van der Waals surface area contributed by atoms with E-state index in [2.05, 4.69) is 22.0 Å². The zero-order chi connectivity index (χ0) is 19.3. The predicted octanol–water partition coefficient (Wildman–Crippen LogP) is 2.16. The van der Waals surface area contributed by atoms with Crippen molar-refractivity contribution >= 4 is 11.9 Å². The first-order chi connectivity index (χ1) is 13.7. The summed E-state index contributed by atoms with van der Waals surface area (Å²) in [5, 5.41) is 3.79. The standard InChI is InChI=1S/C22H39N5O/c1-2-23-22(24-20-16-19(20)18-8-4-3-5-9-18)27-14-12-25(13-15-27)17-21(28)26-10-6-7-11-26/h18-20H,2-17H2,1H3,(H,23,24). The van der Waals surface area contributed by atoms with E-state index in [4.69, 9.17) is 4.99 Å². The van der Waals surface area contributed by atoms with Crippen LogP contribution < -0.4 is 5.32 Å². The number of piperazine rings is 1. The molecule has 2 unspecified atom stereocenters. The lowest BCUT2D eigenvalue weighted by Gasteiger charge is -2.37. The summed E-state index contributed by atoms with van der Waals surface area (Å²) in [5.74, 6) is 3.25. The molecule has 2 aliphatic carbocycles. The van der Waals surface area contributed by atoms with E-state index in [9.17, 15) is 4.79 Å². The molecule has 1 N–H and O–H groups in total. The van der Waals surface area contributed by atoms with Crippen molar-refractivity contribution in [2.45, 2.75) is 64.3 Å². The summed E-state index contributed by atoms with van der Waals surface area (Å²) in [6.07, 6.45) is 10.9. The summed E-state index contributed by atoms with van der Waals surface area (Å²) in [4.78, 5) is 24.0. The monoisotopic (exact) mass is 389 g/mol. The van der Waals surface area contributed by atoms with E-state index in [1.165, 1.54) is 51.4 Å². The van der Waals surface area contributed by atoms with Crippen molar-refractivity contribution in [3.8, 4) is 0 Å². The van der Waals surface area contributed by atoms with Gasteiger partial charge in [-0.05, 0) is 38.0 Å². The Hall–Kier alpha value is -1.30. The number of nitrogens with one attached hydrogen (secondary N) is 1. The molecule has 0 radical (unpaired) electrons. The smallest absolute Gasteiger partial charge is 0.236 e. The van der Waals surface area contributed by atoms with E-state index in [1.807, 2.05) is 4.90 Å². The number of likely N-dealkylation sites (tertiary alicyclic amines) is 1. The quantitative estimate of drug-likeness (QED) is 0.578. The molecule has 1 amide bonds. The zero-order valence-electron chi connectivity index (χ0n) is 17.7. The van der Waals surface area contributed by atoms with Gasteiger partial charge in [-0.25, -0.2) is 0 Å². The molecule has 2 aliphatic heterocycles. The van der Waals surface area contributed by atoms with Gasteiger partial charge in [0.1, 0.15) is 0 Å². The van der Waals surface area contributed by atoms with Crippen molar-refractivity contribution in [2.24, 2.45) is 16.8 Å². The predicted molar refractivity (Wildman–Crippen MR) is 113 cm³/mol. The van der Waals surface area contributed by atoms with Gasteiger partial charge in [-0.3, -0.25) is 14.7 Å². The number of hydrogen-bond donors (Lipinski definition) is 1. The molecule has 158 valence electrons. The van der Waals surface area contributed by atoms with Gasteiger partial charge in [0.05, 0.1) is 6.54 Å². The van der Waals surface area contributed by atoms with Crippen LogP contribution in [0.25, 0.3) is 0 Å². The summed E-state index contributed by atoms with van der Waals surface area (Å²) in [6, 6.07) is 0.642. The van der Waals surface area contributed by atoms with Gasteiger partial charge in [-0.15, -0.1) is 0 Å². The minimum atomic E-state index is 0.319. The molecule has 4 fully saturated rings. The Morgan fingerprint density at radius 2 is 1.64 bits per heavy atom. The molecule has 4 rings (SSSR count). The fourth-order valence-corrected chi connectivity index (χ4v) is 5.39. The maximum absolute atomic E-state index is 12.4. The van der Waals surface area contributed by atoms with Gasteiger partial charge in [0.2, 0.25) is 5.91 Å². The third kappa shape index (κ3) is 5.00. The van der Waals surface area contributed by atoms with Crippen LogP contribution in [0.3, 0.4) is 0 Å². The Morgan fingerprint density at radius 3 is 2.32 bits per heavy atom. The molecular weight excluding hydrogens is 350 g/mol. The van der Waals surface area contributed by atoms with Crippen LogP contribution in [0.15, 0.2) is 4.99 Å². The highest BCUT2D eigenvalue weighted by atomic mass is 16.2. The lowest BCUT2D eigenvalue weighted by molar-refractivity contribution is -0.131. The number of guanidine groups is 1. The van der Waals surface area contributed by atoms with Gasteiger partial charge in [0.15, 0.2) is 5.96 Å². The third-order valence-electron chi connectivity index (χ3n) is 7.21. The number of carbonyl (C=O) groups excluding carboxylic acids is 1. The van der Waals surface area contributed by atoms with Crippen LogP contribution in [0.2, 0.25) is 0 Å². The van der Waals surface area contributed by atoms with E-state index < -0.39 is 0 Å². The van der Waals surface area contributed by atoms with Gasteiger partial charge >= 0.3 is 0 Å². The molecule has 6 heteroatoms. The van der Waals surface area contributed by atoms with Gasteiger partial charge in [0.25, 0.3) is 0 Å². The normalized spacial score (nSPS) is 30.0. The topological polar surface area (TPSA) is 51.2 Å². The number of rotatable bonds is 5. The third-order valence-corrected chi connectivity index (χ3v) is 7.21. The lowest BCUT2D eigenvalue weighted by Crippen LogP contribution is -2.54. The average molecular weight is 390 g/mol. The summed E-state index contributed by atoms with van der Waals surface area (Å²) in [6.45, 7) is 9.32. The van der Waals surface area contributed by atoms with E-state index in [1.54, 1.807) is 0 Å². The van der Waals surface area contributed by atoms with Gasteiger partial charge in [0, 0.05) is 51.9 Å².